The van der Waals surface area contributed by atoms with Crippen LogP contribution in [0.15, 0.2) is 12.1 Å². The third kappa shape index (κ3) is 2.94. The van der Waals surface area contributed by atoms with Crippen LogP contribution in [-0.2, 0) is 4.74 Å². The Morgan fingerprint density at radius 1 is 1.48 bits per heavy atom. The van der Waals surface area contributed by atoms with Crippen molar-refractivity contribution >= 4 is 17.3 Å². The zero-order chi connectivity index (χ0) is 15.8. The molecule has 1 aromatic rings. The molecule has 114 valence electrons. The van der Waals surface area contributed by atoms with Crippen LogP contribution in [0, 0.1) is 18.3 Å². The Bertz CT molecular complexity index is 583. The number of rotatable bonds is 2. The molecule has 0 amide bonds. The van der Waals surface area contributed by atoms with Crippen molar-refractivity contribution < 1.29 is 17.9 Å². The first-order chi connectivity index (χ1) is 9.79. The van der Waals surface area contributed by atoms with Crippen LogP contribution in [0.5, 0.6) is 0 Å². The zero-order valence-corrected chi connectivity index (χ0v) is 12.3. The second-order valence-electron chi connectivity index (χ2n) is 4.90. The molecule has 1 fully saturated rings. The van der Waals surface area contributed by atoms with E-state index in [0.717, 1.165) is 4.90 Å². The van der Waals surface area contributed by atoms with Crippen LogP contribution in [0.1, 0.15) is 24.5 Å². The lowest BCUT2D eigenvalue weighted by atomic mass is 10.1. The van der Waals surface area contributed by atoms with Crippen LogP contribution < -0.4 is 4.90 Å². The molecule has 0 N–H and O–H groups in total. The second-order valence-corrected chi connectivity index (χ2v) is 5.27. The van der Waals surface area contributed by atoms with Crippen molar-refractivity contribution in [3.8, 4) is 6.07 Å². The number of halogens is 4. The van der Waals surface area contributed by atoms with E-state index in [9.17, 15) is 13.2 Å². The van der Waals surface area contributed by atoms with E-state index in [1.165, 1.54) is 12.1 Å². The van der Waals surface area contributed by atoms with Gasteiger partial charge in [-0.2, -0.15) is 18.4 Å². The highest BCUT2D eigenvalue weighted by Gasteiger charge is 2.50. The van der Waals surface area contributed by atoms with Crippen molar-refractivity contribution in [2.45, 2.75) is 38.8 Å². The van der Waals surface area contributed by atoms with Crippen LogP contribution in [-0.4, -0.2) is 25.1 Å². The Morgan fingerprint density at radius 2 is 2.14 bits per heavy atom. The zero-order valence-electron chi connectivity index (χ0n) is 11.5. The summed E-state index contributed by atoms with van der Waals surface area (Å²) in [5.41, 5.74) is 1.04. The Kier molecular flexibility index (Phi) is 4.35. The van der Waals surface area contributed by atoms with Crippen molar-refractivity contribution in [3.63, 3.8) is 0 Å². The molecule has 1 aliphatic heterocycles. The Hall–Kier alpha value is -1.45. The lowest BCUT2D eigenvalue weighted by Gasteiger charge is -2.28. The standard InChI is InChI=1S/C14H14ClF3N2O/c1-3-10-7-20(13(21-10)14(16,17)18)11-5-4-9(6-19)12(15)8(11)2/h4-5,10,13H,3,7H2,1-2H3. The number of ether oxygens (including phenoxy) is 1. The molecule has 2 unspecified atom stereocenters. The number of hydrogen-bond acceptors (Lipinski definition) is 3. The summed E-state index contributed by atoms with van der Waals surface area (Å²) in [4.78, 5) is 1.16. The Morgan fingerprint density at radius 3 is 2.67 bits per heavy atom. The van der Waals surface area contributed by atoms with Gasteiger partial charge in [-0.25, -0.2) is 0 Å². The number of anilines is 1. The van der Waals surface area contributed by atoms with E-state index in [1.54, 1.807) is 13.8 Å². The minimum Gasteiger partial charge on any atom is -0.345 e. The molecule has 1 aromatic carbocycles. The fourth-order valence-electron chi connectivity index (χ4n) is 2.39. The first kappa shape index (κ1) is 15.9. The summed E-state index contributed by atoms with van der Waals surface area (Å²) < 4.78 is 44.5. The van der Waals surface area contributed by atoms with Gasteiger partial charge in [0, 0.05) is 12.2 Å². The SMILES string of the molecule is CCC1CN(c2ccc(C#N)c(Cl)c2C)C(C(F)(F)F)O1. The van der Waals surface area contributed by atoms with Gasteiger partial charge in [0.05, 0.1) is 16.7 Å². The molecule has 21 heavy (non-hydrogen) atoms. The molecule has 0 bridgehead atoms. The first-order valence-electron chi connectivity index (χ1n) is 6.47. The van der Waals surface area contributed by atoms with Gasteiger partial charge in [0.25, 0.3) is 0 Å². The van der Waals surface area contributed by atoms with Gasteiger partial charge in [-0.1, -0.05) is 18.5 Å². The van der Waals surface area contributed by atoms with E-state index >= 15 is 0 Å². The summed E-state index contributed by atoms with van der Waals surface area (Å²) in [5, 5.41) is 9.08. The van der Waals surface area contributed by atoms with Crippen molar-refractivity contribution in [2.75, 3.05) is 11.4 Å². The van der Waals surface area contributed by atoms with E-state index in [1.807, 2.05) is 6.07 Å². The number of hydrogen-bond donors (Lipinski definition) is 0. The smallest absolute Gasteiger partial charge is 0.345 e. The molecule has 1 heterocycles. The van der Waals surface area contributed by atoms with Crippen molar-refractivity contribution in [1.82, 2.24) is 0 Å². The molecular formula is C14H14ClF3N2O. The quantitative estimate of drug-likeness (QED) is 0.826. The van der Waals surface area contributed by atoms with Crippen molar-refractivity contribution in [3.05, 3.63) is 28.3 Å². The average molecular weight is 319 g/mol. The molecule has 0 saturated carbocycles. The maximum absolute atomic E-state index is 13.1. The lowest BCUT2D eigenvalue weighted by molar-refractivity contribution is -0.213. The second kappa shape index (κ2) is 5.74. The van der Waals surface area contributed by atoms with Crippen LogP contribution in [0.3, 0.4) is 0 Å². The number of nitrogens with zero attached hydrogens (tertiary/aromatic N) is 2. The van der Waals surface area contributed by atoms with E-state index in [0.29, 0.717) is 17.7 Å². The summed E-state index contributed by atoms with van der Waals surface area (Å²) in [6, 6.07) is 4.83. The summed E-state index contributed by atoms with van der Waals surface area (Å²) in [5.74, 6) is 0. The number of alkyl halides is 3. The molecule has 7 heteroatoms. The maximum atomic E-state index is 13.1. The Labute approximate surface area is 125 Å². The molecule has 2 atom stereocenters. The van der Waals surface area contributed by atoms with Crippen molar-refractivity contribution in [2.24, 2.45) is 0 Å². The summed E-state index contributed by atoms with van der Waals surface area (Å²) in [6.07, 6.45) is -6.46. The van der Waals surface area contributed by atoms with Gasteiger partial charge in [0.2, 0.25) is 6.23 Å². The predicted octanol–water partition coefficient (Wildman–Crippen LogP) is 4.02. The lowest BCUT2D eigenvalue weighted by Crippen LogP contribution is -2.42. The van der Waals surface area contributed by atoms with Crippen molar-refractivity contribution in [1.29, 1.82) is 5.26 Å². The fourth-order valence-corrected chi connectivity index (χ4v) is 2.59. The molecule has 1 saturated heterocycles. The molecule has 0 spiro atoms. The van der Waals surface area contributed by atoms with Gasteiger partial charge in [-0.15, -0.1) is 0 Å². The Balaban J connectivity index is 2.44. The predicted molar refractivity (Wildman–Crippen MR) is 73.3 cm³/mol. The highest BCUT2D eigenvalue weighted by Crippen LogP contribution is 2.39. The van der Waals surface area contributed by atoms with E-state index < -0.39 is 18.5 Å². The third-order valence-corrected chi connectivity index (χ3v) is 4.01. The van der Waals surface area contributed by atoms with Gasteiger partial charge >= 0.3 is 6.18 Å². The summed E-state index contributed by atoms with van der Waals surface area (Å²) in [7, 11) is 0. The van der Waals surface area contributed by atoms with Gasteiger partial charge < -0.3 is 9.64 Å². The largest absolute Gasteiger partial charge is 0.433 e. The van der Waals surface area contributed by atoms with Crippen LogP contribution in [0.4, 0.5) is 18.9 Å². The first-order valence-corrected chi connectivity index (χ1v) is 6.85. The fraction of sp³-hybridized carbons (Fsp3) is 0.500. The van der Waals surface area contributed by atoms with Gasteiger partial charge in [0.1, 0.15) is 6.07 Å². The molecular weight excluding hydrogens is 305 g/mol. The summed E-state index contributed by atoms with van der Waals surface area (Å²) >= 11 is 6.04. The molecule has 3 nitrogen and oxygen atoms in total. The normalized spacial score (nSPS) is 22.4. The topological polar surface area (TPSA) is 36.3 Å². The van der Waals surface area contributed by atoms with E-state index in [-0.39, 0.29) is 17.1 Å². The minimum absolute atomic E-state index is 0.143. The average Bonchev–Trinajstić information content (AvgIpc) is 2.86. The highest BCUT2D eigenvalue weighted by molar-refractivity contribution is 6.32. The minimum atomic E-state index is -4.49. The molecule has 0 radical (unpaired) electrons. The van der Waals surface area contributed by atoms with Gasteiger partial charge in [0.15, 0.2) is 0 Å². The molecule has 0 aromatic heterocycles. The summed E-state index contributed by atoms with van der Waals surface area (Å²) in [6.45, 7) is 3.52. The van der Waals surface area contributed by atoms with Crippen LogP contribution in [0.2, 0.25) is 5.02 Å². The molecule has 0 aliphatic carbocycles. The highest BCUT2D eigenvalue weighted by atomic mass is 35.5. The van der Waals surface area contributed by atoms with Gasteiger partial charge in [-0.3, -0.25) is 0 Å². The molecule has 2 rings (SSSR count). The van der Waals surface area contributed by atoms with Crippen LogP contribution in [0.25, 0.3) is 0 Å². The van der Waals surface area contributed by atoms with E-state index in [2.05, 4.69) is 0 Å². The number of benzene rings is 1. The van der Waals surface area contributed by atoms with Crippen LogP contribution >= 0.6 is 11.6 Å². The monoisotopic (exact) mass is 318 g/mol. The van der Waals surface area contributed by atoms with E-state index in [4.69, 9.17) is 21.6 Å². The van der Waals surface area contributed by atoms with Gasteiger partial charge in [-0.05, 0) is 31.0 Å². The maximum Gasteiger partial charge on any atom is 0.433 e. The number of nitriles is 1. The third-order valence-electron chi connectivity index (χ3n) is 3.53. The molecule has 1 aliphatic rings.